The number of carbonyl (C=O) groups is 1. The van der Waals surface area contributed by atoms with Crippen molar-refractivity contribution in [2.24, 2.45) is 5.73 Å². The van der Waals surface area contributed by atoms with E-state index in [1.54, 1.807) is 6.07 Å². The number of amides is 1. The van der Waals surface area contributed by atoms with Gasteiger partial charge >= 0.3 is 0 Å². The van der Waals surface area contributed by atoms with Gasteiger partial charge in [-0.3, -0.25) is 4.79 Å². The zero-order chi connectivity index (χ0) is 20.1. The molecule has 0 radical (unpaired) electrons. The second kappa shape index (κ2) is 8.84. The molecule has 1 unspecified atom stereocenters. The van der Waals surface area contributed by atoms with Gasteiger partial charge in [-0.05, 0) is 47.6 Å². The number of hydrogen-bond donors (Lipinski definition) is 2. The molecule has 1 heterocycles. The van der Waals surface area contributed by atoms with E-state index in [2.05, 4.69) is 31.3 Å². The molecule has 1 amide bonds. The van der Waals surface area contributed by atoms with Gasteiger partial charge < -0.3 is 15.8 Å². The van der Waals surface area contributed by atoms with Gasteiger partial charge in [-0.1, -0.05) is 50.2 Å². The lowest BCUT2D eigenvalue weighted by atomic mass is 9.73. The molecule has 2 aromatic rings. The van der Waals surface area contributed by atoms with Crippen molar-refractivity contribution in [2.75, 3.05) is 19.8 Å². The van der Waals surface area contributed by atoms with Crippen LogP contribution in [0.5, 0.6) is 0 Å². The van der Waals surface area contributed by atoms with Gasteiger partial charge in [0.1, 0.15) is 5.82 Å². The Bertz CT molecular complexity index is 799. The molecule has 1 aliphatic heterocycles. The molecule has 0 aliphatic carbocycles. The standard InChI is InChI=1S/C23H29FN2O2/c1-16(2)17-6-8-18(9-7-17)21(25)15-26-22(27)23(10-12-28-13-11-23)19-4-3-5-20(24)14-19/h3-9,14,16,21H,10-13,15,25H2,1-2H3,(H,26,27). The van der Waals surface area contributed by atoms with Gasteiger partial charge in [0.15, 0.2) is 0 Å². The van der Waals surface area contributed by atoms with Crippen LogP contribution in [0.3, 0.4) is 0 Å². The summed E-state index contributed by atoms with van der Waals surface area (Å²) >= 11 is 0. The van der Waals surface area contributed by atoms with Gasteiger partial charge in [0.2, 0.25) is 5.91 Å². The van der Waals surface area contributed by atoms with E-state index in [9.17, 15) is 9.18 Å². The van der Waals surface area contributed by atoms with Gasteiger partial charge in [-0.15, -0.1) is 0 Å². The Morgan fingerprint density at radius 1 is 1.14 bits per heavy atom. The molecule has 2 aromatic carbocycles. The van der Waals surface area contributed by atoms with E-state index in [4.69, 9.17) is 10.5 Å². The number of carbonyl (C=O) groups excluding carboxylic acids is 1. The van der Waals surface area contributed by atoms with Gasteiger partial charge in [-0.2, -0.15) is 0 Å². The normalized spacial score (nSPS) is 17.3. The molecule has 150 valence electrons. The topological polar surface area (TPSA) is 64.3 Å². The van der Waals surface area contributed by atoms with Gasteiger partial charge in [-0.25, -0.2) is 4.39 Å². The average molecular weight is 384 g/mol. The van der Waals surface area contributed by atoms with E-state index in [1.165, 1.54) is 17.7 Å². The van der Waals surface area contributed by atoms with Gasteiger partial charge in [0.05, 0.1) is 5.41 Å². The molecular formula is C23H29FN2O2. The van der Waals surface area contributed by atoms with Crippen LogP contribution < -0.4 is 11.1 Å². The first-order valence-electron chi connectivity index (χ1n) is 9.90. The van der Waals surface area contributed by atoms with Crippen LogP contribution in [0.15, 0.2) is 48.5 Å². The second-order valence-corrected chi connectivity index (χ2v) is 7.84. The fourth-order valence-electron chi connectivity index (χ4n) is 3.77. The lowest BCUT2D eigenvalue weighted by molar-refractivity contribution is -0.130. The van der Waals surface area contributed by atoms with Gasteiger partial charge in [0, 0.05) is 25.8 Å². The molecule has 3 N–H and O–H groups in total. The van der Waals surface area contributed by atoms with Crippen LogP contribution in [0.1, 0.15) is 55.3 Å². The molecule has 28 heavy (non-hydrogen) atoms. The maximum atomic E-state index is 13.8. The maximum absolute atomic E-state index is 13.8. The lowest BCUT2D eigenvalue weighted by Gasteiger charge is -2.36. The number of ether oxygens (including phenoxy) is 1. The Kier molecular flexibility index (Phi) is 6.47. The number of rotatable bonds is 6. The lowest BCUT2D eigenvalue weighted by Crippen LogP contribution is -2.49. The van der Waals surface area contributed by atoms with Crippen LogP contribution in [-0.4, -0.2) is 25.7 Å². The maximum Gasteiger partial charge on any atom is 0.230 e. The minimum absolute atomic E-state index is 0.115. The minimum Gasteiger partial charge on any atom is -0.381 e. The smallest absolute Gasteiger partial charge is 0.230 e. The van der Waals surface area contributed by atoms with Gasteiger partial charge in [0.25, 0.3) is 0 Å². The molecule has 1 aliphatic rings. The molecule has 1 fully saturated rings. The summed E-state index contributed by atoms with van der Waals surface area (Å²) in [7, 11) is 0. The zero-order valence-corrected chi connectivity index (χ0v) is 16.6. The van der Waals surface area contributed by atoms with Crippen LogP contribution in [0, 0.1) is 5.82 Å². The molecule has 0 saturated carbocycles. The molecule has 1 atom stereocenters. The highest BCUT2D eigenvalue weighted by atomic mass is 19.1. The van der Waals surface area contributed by atoms with E-state index >= 15 is 0 Å². The van der Waals surface area contributed by atoms with Crippen molar-refractivity contribution in [3.8, 4) is 0 Å². The second-order valence-electron chi connectivity index (χ2n) is 7.84. The summed E-state index contributed by atoms with van der Waals surface area (Å²) in [5.74, 6) is 0.0124. The van der Waals surface area contributed by atoms with Crippen molar-refractivity contribution in [1.29, 1.82) is 0 Å². The molecule has 5 heteroatoms. The number of benzene rings is 2. The highest BCUT2D eigenvalue weighted by Gasteiger charge is 2.41. The minimum atomic E-state index is -0.776. The van der Waals surface area contributed by atoms with Crippen molar-refractivity contribution in [1.82, 2.24) is 5.32 Å². The molecule has 0 aromatic heterocycles. The summed E-state index contributed by atoms with van der Waals surface area (Å²) in [5, 5.41) is 3.00. The summed E-state index contributed by atoms with van der Waals surface area (Å²) in [6.45, 7) is 5.58. The van der Waals surface area contributed by atoms with Crippen molar-refractivity contribution in [3.05, 3.63) is 71.0 Å². The fraction of sp³-hybridized carbons (Fsp3) is 0.435. The summed E-state index contributed by atoms with van der Waals surface area (Å²) in [4.78, 5) is 13.2. The number of hydrogen-bond acceptors (Lipinski definition) is 3. The summed E-state index contributed by atoms with van der Waals surface area (Å²) in [5.41, 5.74) is 8.47. The highest BCUT2D eigenvalue weighted by molar-refractivity contribution is 5.88. The average Bonchev–Trinajstić information content (AvgIpc) is 2.72. The summed E-state index contributed by atoms with van der Waals surface area (Å²) in [6.07, 6.45) is 1.06. The Morgan fingerprint density at radius 3 is 2.39 bits per heavy atom. The monoisotopic (exact) mass is 384 g/mol. The number of nitrogens with one attached hydrogen (secondary N) is 1. The van der Waals surface area contributed by atoms with Crippen molar-refractivity contribution in [3.63, 3.8) is 0 Å². The van der Waals surface area contributed by atoms with Crippen LogP contribution in [0.25, 0.3) is 0 Å². The van der Waals surface area contributed by atoms with Crippen molar-refractivity contribution < 1.29 is 13.9 Å². The fourth-order valence-corrected chi connectivity index (χ4v) is 3.77. The Balaban J connectivity index is 1.72. The van der Waals surface area contributed by atoms with Crippen LogP contribution in [-0.2, 0) is 14.9 Å². The summed E-state index contributed by atoms with van der Waals surface area (Å²) in [6, 6.07) is 14.2. The predicted molar refractivity (Wildman–Crippen MR) is 109 cm³/mol. The Labute approximate surface area is 166 Å². The Morgan fingerprint density at radius 2 is 1.79 bits per heavy atom. The molecule has 3 rings (SSSR count). The van der Waals surface area contributed by atoms with E-state index in [-0.39, 0.29) is 17.8 Å². The van der Waals surface area contributed by atoms with Crippen LogP contribution >= 0.6 is 0 Å². The van der Waals surface area contributed by atoms with Crippen molar-refractivity contribution >= 4 is 5.91 Å². The SMILES string of the molecule is CC(C)c1ccc(C(N)CNC(=O)C2(c3cccc(F)c3)CCOCC2)cc1. The van der Waals surface area contributed by atoms with E-state index in [0.29, 0.717) is 44.1 Å². The molecule has 0 spiro atoms. The predicted octanol–water partition coefficient (Wildman–Crippen LogP) is 3.81. The first-order valence-corrected chi connectivity index (χ1v) is 9.90. The first kappa shape index (κ1) is 20.5. The van der Waals surface area contributed by atoms with Crippen molar-refractivity contribution in [2.45, 2.75) is 44.1 Å². The van der Waals surface area contributed by atoms with E-state index in [1.807, 2.05) is 18.2 Å². The van der Waals surface area contributed by atoms with Crippen LogP contribution in [0.4, 0.5) is 4.39 Å². The Hall–Kier alpha value is -2.24. The third-order valence-electron chi connectivity index (χ3n) is 5.67. The highest BCUT2D eigenvalue weighted by Crippen LogP contribution is 2.35. The zero-order valence-electron chi connectivity index (χ0n) is 16.6. The molecule has 4 nitrogen and oxygen atoms in total. The summed E-state index contributed by atoms with van der Waals surface area (Å²) < 4.78 is 19.3. The third kappa shape index (κ3) is 4.42. The van der Waals surface area contributed by atoms with Crippen LogP contribution in [0.2, 0.25) is 0 Å². The molecule has 0 bridgehead atoms. The molecule has 1 saturated heterocycles. The van der Waals surface area contributed by atoms with E-state index < -0.39 is 5.41 Å². The largest absolute Gasteiger partial charge is 0.381 e. The quantitative estimate of drug-likeness (QED) is 0.796. The third-order valence-corrected chi connectivity index (χ3v) is 5.67. The number of halogens is 1. The number of nitrogens with two attached hydrogens (primary N) is 1. The van der Waals surface area contributed by atoms with E-state index in [0.717, 1.165) is 5.56 Å². The first-order chi connectivity index (χ1) is 13.4. The molecular weight excluding hydrogens is 355 g/mol.